The van der Waals surface area contributed by atoms with Crippen LogP contribution < -0.4 is 15.0 Å². The number of rotatable bonds is 4. The molecule has 0 saturated carbocycles. The van der Waals surface area contributed by atoms with Gasteiger partial charge in [-0.15, -0.1) is 12.4 Å². The average Bonchev–Trinajstić information content (AvgIpc) is 2.37. The fourth-order valence-corrected chi connectivity index (χ4v) is 2.34. The summed E-state index contributed by atoms with van der Waals surface area (Å²) >= 11 is 0. The Labute approximate surface area is 126 Å². The molecule has 4 nitrogen and oxygen atoms in total. The zero-order chi connectivity index (χ0) is 13.8. The fourth-order valence-electron chi connectivity index (χ4n) is 2.34. The van der Waals surface area contributed by atoms with Gasteiger partial charge in [0, 0.05) is 6.42 Å². The van der Waals surface area contributed by atoms with Crippen LogP contribution in [-0.4, -0.2) is 32.1 Å². The Morgan fingerprint density at radius 1 is 1.50 bits per heavy atom. The monoisotopic (exact) mass is 298 g/mol. The molecule has 0 spiro atoms. The number of carbonyl (C=O) groups excluding carboxylic acids is 1. The number of carbonyl (C=O) groups is 1. The first kappa shape index (κ1) is 16.8. The van der Waals surface area contributed by atoms with E-state index in [1.54, 1.807) is 0 Å². The minimum absolute atomic E-state index is 0. The van der Waals surface area contributed by atoms with Crippen LogP contribution in [-0.2, 0) is 4.79 Å². The maximum Gasteiger partial charge on any atom is 0.227 e. The predicted octanol–water partition coefficient (Wildman–Crippen LogP) is 2.53. The number of nitrogens with one attached hydrogen (secondary N) is 1. The molecule has 20 heavy (non-hydrogen) atoms. The lowest BCUT2D eigenvalue weighted by molar-refractivity contribution is -0.119. The van der Waals surface area contributed by atoms with E-state index in [-0.39, 0.29) is 24.4 Å². The van der Waals surface area contributed by atoms with Gasteiger partial charge in [0.2, 0.25) is 5.91 Å². The van der Waals surface area contributed by atoms with Crippen molar-refractivity contribution >= 4 is 24.0 Å². The van der Waals surface area contributed by atoms with Gasteiger partial charge in [-0.2, -0.15) is 0 Å². The van der Waals surface area contributed by atoms with Crippen molar-refractivity contribution in [1.82, 2.24) is 5.32 Å². The van der Waals surface area contributed by atoms with Crippen molar-refractivity contribution in [1.29, 1.82) is 0 Å². The van der Waals surface area contributed by atoms with Crippen molar-refractivity contribution in [2.75, 3.05) is 25.0 Å². The summed E-state index contributed by atoms with van der Waals surface area (Å²) in [5, 5.41) is 3.07. The molecule has 1 atom stereocenters. The van der Waals surface area contributed by atoms with Gasteiger partial charge in [-0.1, -0.05) is 6.07 Å². The van der Waals surface area contributed by atoms with E-state index in [9.17, 15) is 4.79 Å². The van der Waals surface area contributed by atoms with E-state index in [4.69, 9.17) is 4.74 Å². The van der Waals surface area contributed by atoms with Gasteiger partial charge >= 0.3 is 0 Å². The molecule has 1 aromatic rings. The Bertz CT molecular complexity index is 465. The molecule has 0 aromatic heterocycles. The van der Waals surface area contributed by atoms with Gasteiger partial charge in [0.05, 0.1) is 12.2 Å². The largest absolute Gasteiger partial charge is 0.487 e. The second-order valence-corrected chi connectivity index (χ2v) is 5.11. The first-order valence-corrected chi connectivity index (χ1v) is 6.84. The number of benzene rings is 1. The quantitative estimate of drug-likeness (QED) is 0.869. The van der Waals surface area contributed by atoms with Crippen molar-refractivity contribution in [3.63, 3.8) is 0 Å². The average molecular weight is 299 g/mol. The zero-order valence-electron chi connectivity index (χ0n) is 12.3. The van der Waals surface area contributed by atoms with E-state index in [1.807, 2.05) is 44.0 Å². The molecule has 0 saturated heterocycles. The standard InChI is InChI=1S/C15H22N2O2.ClH/c1-11-6-7-13-14(9-11)19-12(2)10-17(13)15(18)5-4-8-16-3;/h6-7,9,12,16H,4-5,8,10H2,1-3H3;1H. The molecule has 1 aliphatic heterocycles. The highest BCUT2D eigenvalue weighted by Crippen LogP contribution is 2.34. The summed E-state index contributed by atoms with van der Waals surface area (Å²) in [6.07, 6.45) is 1.48. The van der Waals surface area contributed by atoms with Gasteiger partial charge in [-0.25, -0.2) is 0 Å². The van der Waals surface area contributed by atoms with Crippen molar-refractivity contribution in [2.24, 2.45) is 0 Å². The Morgan fingerprint density at radius 2 is 2.25 bits per heavy atom. The van der Waals surface area contributed by atoms with E-state index < -0.39 is 0 Å². The van der Waals surface area contributed by atoms with E-state index in [0.29, 0.717) is 13.0 Å². The third kappa shape index (κ3) is 3.87. The van der Waals surface area contributed by atoms with Crippen LogP contribution in [0.25, 0.3) is 0 Å². The van der Waals surface area contributed by atoms with Crippen LogP contribution in [0.2, 0.25) is 0 Å². The topological polar surface area (TPSA) is 41.6 Å². The molecule has 0 aliphatic carbocycles. The first-order chi connectivity index (χ1) is 9.11. The lowest BCUT2D eigenvalue weighted by Gasteiger charge is -2.33. The summed E-state index contributed by atoms with van der Waals surface area (Å²) in [4.78, 5) is 14.2. The van der Waals surface area contributed by atoms with Gasteiger partial charge in [0.15, 0.2) is 0 Å². The Kier molecular flexibility index (Phi) is 6.30. The number of halogens is 1. The highest BCUT2D eigenvalue weighted by molar-refractivity contribution is 5.95. The number of hydrogen-bond donors (Lipinski definition) is 1. The summed E-state index contributed by atoms with van der Waals surface area (Å²) in [7, 11) is 1.90. The smallest absolute Gasteiger partial charge is 0.227 e. The molecule has 1 aliphatic rings. The van der Waals surface area contributed by atoms with Crippen LogP contribution in [0, 0.1) is 6.92 Å². The van der Waals surface area contributed by atoms with Gasteiger partial charge in [0.25, 0.3) is 0 Å². The molecule has 0 radical (unpaired) electrons. The molecule has 112 valence electrons. The van der Waals surface area contributed by atoms with Gasteiger partial charge in [0.1, 0.15) is 11.9 Å². The number of aryl methyl sites for hydroxylation is 1. The summed E-state index contributed by atoms with van der Waals surface area (Å²) < 4.78 is 5.81. The molecule has 2 rings (SSSR count). The summed E-state index contributed by atoms with van der Waals surface area (Å²) in [5.74, 6) is 0.996. The van der Waals surface area contributed by atoms with Gasteiger partial charge < -0.3 is 15.0 Å². The first-order valence-electron chi connectivity index (χ1n) is 6.84. The molecule has 5 heteroatoms. The Morgan fingerprint density at radius 3 is 2.95 bits per heavy atom. The maximum absolute atomic E-state index is 12.3. The van der Waals surface area contributed by atoms with Gasteiger partial charge in [-0.05, 0) is 51.6 Å². The van der Waals surface area contributed by atoms with Crippen molar-refractivity contribution in [3.05, 3.63) is 23.8 Å². The van der Waals surface area contributed by atoms with E-state index in [1.165, 1.54) is 0 Å². The predicted molar refractivity (Wildman–Crippen MR) is 84.0 cm³/mol. The second kappa shape index (κ2) is 7.50. The van der Waals surface area contributed by atoms with Crippen LogP contribution in [0.1, 0.15) is 25.3 Å². The number of nitrogens with zero attached hydrogens (tertiary/aromatic N) is 1. The van der Waals surface area contributed by atoms with Crippen LogP contribution >= 0.6 is 12.4 Å². The number of anilines is 1. The lowest BCUT2D eigenvalue weighted by atomic mass is 10.1. The number of ether oxygens (including phenoxy) is 1. The lowest BCUT2D eigenvalue weighted by Crippen LogP contribution is -2.42. The SMILES string of the molecule is CNCCCC(=O)N1CC(C)Oc2cc(C)ccc21.Cl. The molecule has 0 fully saturated rings. The maximum atomic E-state index is 12.3. The minimum Gasteiger partial charge on any atom is -0.487 e. The van der Waals surface area contributed by atoms with Crippen LogP contribution in [0.4, 0.5) is 5.69 Å². The zero-order valence-corrected chi connectivity index (χ0v) is 13.1. The van der Waals surface area contributed by atoms with Gasteiger partial charge in [-0.3, -0.25) is 4.79 Å². The third-order valence-corrected chi connectivity index (χ3v) is 3.29. The van der Waals surface area contributed by atoms with Crippen molar-refractivity contribution in [2.45, 2.75) is 32.8 Å². The molecular formula is C15H23ClN2O2. The third-order valence-electron chi connectivity index (χ3n) is 3.29. The molecule has 0 bridgehead atoms. The van der Waals surface area contributed by atoms with E-state index in [0.717, 1.165) is 30.0 Å². The highest BCUT2D eigenvalue weighted by Gasteiger charge is 2.27. The normalized spacial score (nSPS) is 16.9. The van der Waals surface area contributed by atoms with Crippen molar-refractivity contribution in [3.8, 4) is 5.75 Å². The molecule has 1 aromatic carbocycles. The Balaban J connectivity index is 0.00000200. The number of amides is 1. The van der Waals surface area contributed by atoms with Crippen LogP contribution in [0.5, 0.6) is 5.75 Å². The molecule has 1 unspecified atom stereocenters. The summed E-state index contributed by atoms with van der Waals surface area (Å²) in [5.41, 5.74) is 2.05. The van der Waals surface area contributed by atoms with E-state index >= 15 is 0 Å². The minimum atomic E-state index is 0. The van der Waals surface area contributed by atoms with Crippen molar-refractivity contribution < 1.29 is 9.53 Å². The molecule has 1 amide bonds. The molecule has 1 heterocycles. The summed E-state index contributed by atoms with van der Waals surface area (Å²) in [6.45, 7) is 5.53. The number of fused-ring (bicyclic) bond motifs is 1. The fraction of sp³-hybridized carbons (Fsp3) is 0.533. The summed E-state index contributed by atoms with van der Waals surface area (Å²) in [6, 6.07) is 6.00. The van der Waals surface area contributed by atoms with Crippen LogP contribution in [0.15, 0.2) is 18.2 Å². The molecule has 1 N–H and O–H groups in total. The highest BCUT2D eigenvalue weighted by atomic mass is 35.5. The van der Waals surface area contributed by atoms with Crippen LogP contribution in [0.3, 0.4) is 0 Å². The Hall–Kier alpha value is -1.26. The number of hydrogen-bond acceptors (Lipinski definition) is 3. The second-order valence-electron chi connectivity index (χ2n) is 5.11. The molecular weight excluding hydrogens is 276 g/mol. The van der Waals surface area contributed by atoms with E-state index in [2.05, 4.69) is 5.32 Å².